The molecule has 0 aliphatic heterocycles. The maximum absolute atomic E-state index is 13.8. The molecule has 0 aromatic heterocycles. The third-order valence-corrected chi connectivity index (χ3v) is 7.27. The molecule has 0 saturated heterocycles. The van der Waals surface area contributed by atoms with Crippen molar-refractivity contribution in [3.8, 4) is 11.5 Å². The van der Waals surface area contributed by atoms with Gasteiger partial charge in [0.05, 0.1) is 7.11 Å². The standard InChI is InChI=1S/C25H30FNO2/c1-28-24-11-17(6-7-23(24)29-16-21-4-2-3-5-22(21)26)15-27-25-12-18-8-19(13-25)10-20(9-18)14-25/h2-7,11,18-20,27H,8-10,12-16H2,1H3. The van der Waals surface area contributed by atoms with Gasteiger partial charge in [0, 0.05) is 17.6 Å². The normalized spacial score (nSPS) is 29.8. The van der Waals surface area contributed by atoms with Gasteiger partial charge in [-0.15, -0.1) is 0 Å². The van der Waals surface area contributed by atoms with E-state index in [4.69, 9.17) is 9.47 Å². The zero-order valence-electron chi connectivity index (χ0n) is 17.1. The Morgan fingerprint density at radius 3 is 2.31 bits per heavy atom. The fourth-order valence-electron chi connectivity index (χ4n) is 6.33. The molecule has 4 fully saturated rings. The summed E-state index contributed by atoms with van der Waals surface area (Å²) in [5.41, 5.74) is 2.10. The molecule has 0 heterocycles. The Hall–Kier alpha value is -2.07. The SMILES string of the molecule is COc1cc(CNC23CC4CC(CC(C4)C2)C3)ccc1OCc1ccccc1F. The van der Waals surface area contributed by atoms with Crippen LogP contribution in [0.4, 0.5) is 4.39 Å². The molecule has 0 spiro atoms. The first kappa shape index (κ1) is 18.9. The highest BCUT2D eigenvalue weighted by molar-refractivity contribution is 5.43. The summed E-state index contributed by atoms with van der Waals surface area (Å²) >= 11 is 0. The van der Waals surface area contributed by atoms with Gasteiger partial charge in [-0.1, -0.05) is 24.3 Å². The highest BCUT2D eigenvalue weighted by Crippen LogP contribution is 2.55. The van der Waals surface area contributed by atoms with Crippen LogP contribution in [0, 0.1) is 23.6 Å². The Morgan fingerprint density at radius 2 is 1.66 bits per heavy atom. The average Bonchev–Trinajstić information content (AvgIpc) is 2.71. The Balaban J connectivity index is 1.24. The number of hydrogen-bond acceptors (Lipinski definition) is 3. The van der Waals surface area contributed by atoms with Crippen molar-refractivity contribution in [2.45, 2.75) is 57.2 Å². The first-order valence-electron chi connectivity index (χ1n) is 10.9. The minimum Gasteiger partial charge on any atom is -0.493 e. The summed E-state index contributed by atoms with van der Waals surface area (Å²) in [5, 5.41) is 3.93. The van der Waals surface area contributed by atoms with Gasteiger partial charge in [-0.2, -0.15) is 0 Å². The van der Waals surface area contributed by atoms with Crippen LogP contribution in [0.15, 0.2) is 42.5 Å². The summed E-state index contributed by atoms with van der Waals surface area (Å²) in [6.07, 6.45) is 8.42. The van der Waals surface area contributed by atoms with Crippen molar-refractivity contribution in [3.63, 3.8) is 0 Å². The Morgan fingerprint density at radius 1 is 0.966 bits per heavy atom. The lowest BCUT2D eigenvalue weighted by Crippen LogP contribution is -2.58. The lowest BCUT2D eigenvalue weighted by molar-refractivity contribution is -0.0206. The fraction of sp³-hybridized carbons (Fsp3) is 0.520. The van der Waals surface area contributed by atoms with Crippen LogP contribution in [0.25, 0.3) is 0 Å². The molecule has 2 aromatic rings. The van der Waals surface area contributed by atoms with E-state index in [1.165, 1.54) is 50.2 Å². The molecular weight excluding hydrogens is 365 g/mol. The second-order valence-corrected chi connectivity index (χ2v) is 9.42. The number of halogens is 1. The van der Waals surface area contributed by atoms with E-state index in [1.807, 2.05) is 18.2 Å². The predicted molar refractivity (Wildman–Crippen MR) is 111 cm³/mol. The van der Waals surface area contributed by atoms with E-state index >= 15 is 0 Å². The van der Waals surface area contributed by atoms with Crippen molar-refractivity contribution < 1.29 is 13.9 Å². The minimum absolute atomic E-state index is 0.188. The summed E-state index contributed by atoms with van der Waals surface area (Å²) in [6.45, 7) is 1.05. The molecule has 4 bridgehead atoms. The van der Waals surface area contributed by atoms with E-state index in [9.17, 15) is 4.39 Å². The maximum Gasteiger partial charge on any atom is 0.161 e. The van der Waals surface area contributed by atoms with Gasteiger partial charge < -0.3 is 14.8 Å². The van der Waals surface area contributed by atoms with Crippen molar-refractivity contribution in [2.24, 2.45) is 17.8 Å². The molecule has 6 rings (SSSR count). The molecule has 1 N–H and O–H groups in total. The van der Waals surface area contributed by atoms with Crippen LogP contribution < -0.4 is 14.8 Å². The predicted octanol–water partition coefficient (Wildman–Crippen LogP) is 5.47. The number of nitrogens with one attached hydrogen (secondary N) is 1. The van der Waals surface area contributed by atoms with E-state index in [0.717, 1.165) is 24.3 Å². The molecule has 0 amide bonds. The average molecular weight is 396 g/mol. The van der Waals surface area contributed by atoms with E-state index in [0.29, 0.717) is 22.6 Å². The molecule has 29 heavy (non-hydrogen) atoms. The molecule has 3 nitrogen and oxygen atoms in total. The maximum atomic E-state index is 13.8. The van der Waals surface area contributed by atoms with Crippen LogP contribution in [-0.4, -0.2) is 12.6 Å². The van der Waals surface area contributed by atoms with Crippen LogP contribution in [0.5, 0.6) is 11.5 Å². The molecule has 2 aromatic carbocycles. The highest BCUT2D eigenvalue weighted by Gasteiger charge is 2.50. The van der Waals surface area contributed by atoms with E-state index < -0.39 is 0 Å². The van der Waals surface area contributed by atoms with Crippen molar-refractivity contribution in [1.82, 2.24) is 5.32 Å². The topological polar surface area (TPSA) is 30.5 Å². The Bertz CT molecular complexity index is 846. The van der Waals surface area contributed by atoms with E-state index in [2.05, 4.69) is 11.4 Å². The fourth-order valence-corrected chi connectivity index (χ4v) is 6.33. The molecule has 0 radical (unpaired) electrons. The summed E-state index contributed by atoms with van der Waals surface area (Å²) in [6, 6.07) is 12.8. The third kappa shape index (κ3) is 3.87. The summed E-state index contributed by atoms with van der Waals surface area (Å²) in [5.74, 6) is 3.93. The van der Waals surface area contributed by atoms with Crippen LogP contribution in [0.3, 0.4) is 0 Å². The van der Waals surface area contributed by atoms with Gasteiger partial charge in [0.15, 0.2) is 11.5 Å². The summed E-state index contributed by atoms with van der Waals surface area (Å²) in [7, 11) is 1.65. The van der Waals surface area contributed by atoms with E-state index in [1.54, 1.807) is 19.2 Å². The summed E-state index contributed by atoms with van der Waals surface area (Å²) in [4.78, 5) is 0. The number of ether oxygens (including phenoxy) is 2. The van der Waals surface area contributed by atoms with Gasteiger partial charge in [-0.05, 0) is 80.0 Å². The molecule has 0 unspecified atom stereocenters. The van der Waals surface area contributed by atoms with Gasteiger partial charge in [0.2, 0.25) is 0 Å². The van der Waals surface area contributed by atoms with Gasteiger partial charge in [0.25, 0.3) is 0 Å². The van der Waals surface area contributed by atoms with Crippen LogP contribution in [0.2, 0.25) is 0 Å². The van der Waals surface area contributed by atoms with Gasteiger partial charge in [-0.25, -0.2) is 4.39 Å². The van der Waals surface area contributed by atoms with Crippen LogP contribution in [-0.2, 0) is 13.2 Å². The van der Waals surface area contributed by atoms with Crippen molar-refractivity contribution in [3.05, 3.63) is 59.4 Å². The first-order chi connectivity index (χ1) is 14.1. The second kappa shape index (κ2) is 7.64. The number of rotatable bonds is 7. The smallest absolute Gasteiger partial charge is 0.161 e. The zero-order chi connectivity index (χ0) is 19.8. The largest absolute Gasteiger partial charge is 0.493 e. The zero-order valence-corrected chi connectivity index (χ0v) is 17.1. The minimum atomic E-state index is -0.247. The number of benzene rings is 2. The third-order valence-electron chi connectivity index (χ3n) is 7.27. The Kier molecular flexibility index (Phi) is 4.99. The van der Waals surface area contributed by atoms with Gasteiger partial charge >= 0.3 is 0 Å². The van der Waals surface area contributed by atoms with Crippen molar-refractivity contribution >= 4 is 0 Å². The molecule has 0 atom stereocenters. The molecule has 154 valence electrons. The first-order valence-corrected chi connectivity index (χ1v) is 10.9. The quantitative estimate of drug-likeness (QED) is 0.674. The number of hydrogen-bond donors (Lipinski definition) is 1. The molecule has 4 heteroatoms. The van der Waals surface area contributed by atoms with Gasteiger partial charge in [0.1, 0.15) is 12.4 Å². The molecule has 4 aliphatic carbocycles. The molecule has 4 aliphatic rings. The van der Waals surface area contributed by atoms with Crippen LogP contribution in [0.1, 0.15) is 49.7 Å². The summed E-state index contributed by atoms with van der Waals surface area (Å²) < 4.78 is 25.2. The van der Waals surface area contributed by atoms with Crippen LogP contribution >= 0.6 is 0 Å². The molecular formula is C25H30FNO2. The van der Waals surface area contributed by atoms with Gasteiger partial charge in [-0.3, -0.25) is 0 Å². The van der Waals surface area contributed by atoms with Crippen molar-refractivity contribution in [2.75, 3.05) is 7.11 Å². The number of methoxy groups -OCH3 is 1. The van der Waals surface area contributed by atoms with Crippen molar-refractivity contribution in [1.29, 1.82) is 0 Å². The van der Waals surface area contributed by atoms with E-state index in [-0.39, 0.29) is 12.4 Å². The monoisotopic (exact) mass is 395 g/mol. The lowest BCUT2D eigenvalue weighted by Gasteiger charge is -2.57. The second-order valence-electron chi connectivity index (χ2n) is 9.42. The lowest BCUT2D eigenvalue weighted by atomic mass is 9.53. The molecule has 4 saturated carbocycles. The highest BCUT2D eigenvalue weighted by atomic mass is 19.1. The Labute approximate surface area is 172 Å².